The molecule has 0 fully saturated rings. The van der Waals surface area contributed by atoms with E-state index in [0.29, 0.717) is 29.9 Å². The van der Waals surface area contributed by atoms with Crippen molar-refractivity contribution in [2.75, 3.05) is 13.6 Å². The fraction of sp³-hybridized carbons (Fsp3) is 0.385. The van der Waals surface area contributed by atoms with Crippen LogP contribution in [0.5, 0.6) is 0 Å². The van der Waals surface area contributed by atoms with Crippen molar-refractivity contribution in [3.05, 3.63) is 29.8 Å². The molecular weight excluding hydrogens is 318 g/mol. The Morgan fingerprint density at radius 2 is 2.14 bits per heavy atom. The van der Waals surface area contributed by atoms with E-state index < -0.39 is 0 Å². The van der Waals surface area contributed by atoms with Gasteiger partial charge in [-0.05, 0) is 25.2 Å². The molecule has 118 valence electrons. The second-order valence-corrected chi connectivity index (χ2v) is 4.52. The molecule has 2 rings (SSSR count). The van der Waals surface area contributed by atoms with Crippen LogP contribution in [0, 0.1) is 11.7 Å². The topological polar surface area (TPSA) is 69.8 Å². The quantitative estimate of drug-likeness (QED) is 0.782. The Hall–Kier alpha value is -1.37. The summed E-state index contributed by atoms with van der Waals surface area (Å²) in [4.78, 5) is 19.0. The highest BCUT2D eigenvalue weighted by Crippen LogP contribution is 2.12. The number of hydrogen-bond acceptors (Lipinski definition) is 3. The maximum atomic E-state index is 13.0. The van der Waals surface area contributed by atoms with Gasteiger partial charge in [-0.3, -0.25) is 4.79 Å². The molecule has 8 heteroatoms. The van der Waals surface area contributed by atoms with Crippen LogP contribution in [0.15, 0.2) is 18.2 Å². The Bertz CT molecular complexity index is 591. The lowest BCUT2D eigenvalue weighted by molar-refractivity contribution is -0.124. The Kier molecular flexibility index (Phi) is 8.24. The number of aromatic nitrogens is 2. The summed E-state index contributed by atoms with van der Waals surface area (Å²) in [6.45, 7) is 2.78. The van der Waals surface area contributed by atoms with Gasteiger partial charge in [0.15, 0.2) is 0 Å². The van der Waals surface area contributed by atoms with Crippen molar-refractivity contribution < 1.29 is 9.18 Å². The highest BCUT2D eigenvalue weighted by molar-refractivity contribution is 5.85. The van der Waals surface area contributed by atoms with Gasteiger partial charge in [0.25, 0.3) is 0 Å². The summed E-state index contributed by atoms with van der Waals surface area (Å²) in [5.41, 5.74) is 1.32. The minimum Gasteiger partial charge on any atom is -0.349 e. The van der Waals surface area contributed by atoms with Crippen molar-refractivity contribution in [2.24, 2.45) is 5.92 Å². The Morgan fingerprint density at radius 3 is 2.81 bits per heavy atom. The summed E-state index contributed by atoms with van der Waals surface area (Å²) in [6, 6.07) is 4.36. The molecule has 0 aliphatic heterocycles. The van der Waals surface area contributed by atoms with E-state index in [1.54, 1.807) is 13.1 Å². The average molecular weight is 337 g/mol. The number of aromatic amines is 1. The number of fused-ring (bicyclic) bond motifs is 1. The van der Waals surface area contributed by atoms with E-state index in [1.807, 2.05) is 6.92 Å². The fourth-order valence-corrected chi connectivity index (χ4v) is 1.86. The SMILES string of the molecule is CNCC(C)C(=O)NCc1nc2ccc(F)cc2[nH]1.Cl.Cl. The number of halogens is 3. The first-order chi connectivity index (χ1) is 9.10. The number of H-pyrrole nitrogens is 1. The third-order valence-electron chi connectivity index (χ3n) is 2.88. The lowest BCUT2D eigenvalue weighted by Gasteiger charge is -2.10. The van der Waals surface area contributed by atoms with E-state index >= 15 is 0 Å². The first-order valence-electron chi connectivity index (χ1n) is 6.16. The molecule has 3 N–H and O–H groups in total. The first-order valence-corrected chi connectivity index (χ1v) is 6.16. The van der Waals surface area contributed by atoms with Crippen molar-refractivity contribution in [3.8, 4) is 0 Å². The van der Waals surface area contributed by atoms with Gasteiger partial charge in [-0.1, -0.05) is 6.92 Å². The van der Waals surface area contributed by atoms with Crippen LogP contribution in [0.4, 0.5) is 4.39 Å². The van der Waals surface area contributed by atoms with Gasteiger partial charge in [-0.2, -0.15) is 0 Å². The molecule has 1 aromatic carbocycles. The van der Waals surface area contributed by atoms with Crippen LogP contribution in [0.2, 0.25) is 0 Å². The summed E-state index contributed by atoms with van der Waals surface area (Å²) in [5, 5.41) is 5.74. The molecule has 5 nitrogen and oxygen atoms in total. The van der Waals surface area contributed by atoms with Crippen LogP contribution >= 0.6 is 24.8 Å². The number of amides is 1. The lowest BCUT2D eigenvalue weighted by Crippen LogP contribution is -2.34. The zero-order valence-corrected chi connectivity index (χ0v) is 13.4. The van der Waals surface area contributed by atoms with Crippen molar-refractivity contribution in [1.29, 1.82) is 0 Å². The number of benzene rings is 1. The molecule has 0 bridgehead atoms. The van der Waals surface area contributed by atoms with Crippen molar-refractivity contribution >= 4 is 41.8 Å². The summed E-state index contributed by atoms with van der Waals surface area (Å²) in [7, 11) is 1.80. The van der Waals surface area contributed by atoms with Gasteiger partial charge in [-0.15, -0.1) is 24.8 Å². The molecule has 0 saturated carbocycles. The van der Waals surface area contributed by atoms with Gasteiger partial charge >= 0.3 is 0 Å². The largest absolute Gasteiger partial charge is 0.349 e. The van der Waals surface area contributed by atoms with E-state index in [-0.39, 0.29) is 42.5 Å². The predicted molar refractivity (Wildman–Crippen MR) is 85.5 cm³/mol. The summed E-state index contributed by atoms with van der Waals surface area (Å²) in [5.74, 6) is 0.160. The van der Waals surface area contributed by atoms with E-state index in [0.717, 1.165) is 0 Å². The number of nitrogens with zero attached hydrogens (tertiary/aromatic N) is 1. The highest BCUT2D eigenvalue weighted by atomic mass is 35.5. The molecule has 1 amide bonds. The van der Waals surface area contributed by atoms with Gasteiger partial charge in [0.05, 0.1) is 17.6 Å². The van der Waals surface area contributed by atoms with Gasteiger partial charge < -0.3 is 15.6 Å². The molecule has 21 heavy (non-hydrogen) atoms. The van der Waals surface area contributed by atoms with E-state index in [4.69, 9.17) is 0 Å². The molecule has 0 radical (unpaired) electrons. The molecule has 1 atom stereocenters. The second-order valence-electron chi connectivity index (χ2n) is 4.52. The summed E-state index contributed by atoms with van der Waals surface area (Å²) in [6.07, 6.45) is 0. The third kappa shape index (κ3) is 5.15. The molecule has 1 unspecified atom stereocenters. The van der Waals surface area contributed by atoms with Gasteiger partial charge in [-0.25, -0.2) is 9.37 Å². The van der Waals surface area contributed by atoms with Crippen LogP contribution in [-0.4, -0.2) is 29.5 Å². The number of nitrogens with one attached hydrogen (secondary N) is 3. The minimum atomic E-state index is -0.311. The molecule has 0 spiro atoms. The van der Waals surface area contributed by atoms with E-state index in [9.17, 15) is 9.18 Å². The number of carbonyl (C=O) groups is 1. The van der Waals surface area contributed by atoms with Gasteiger partial charge in [0, 0.05) is 12.5 Å². The van der Waals surface area contributed by atoms with Crippen LogP contribution in [-0.2, 0) is 11.3 Å². The molecular formula is C13H19Cl2FN4O. The number of carbonyl (C=O) groups excluding carboxylic acids is 1. The normalized spacial score (nSPS) is 11.4. The van der Waals surface area contributed by atoms with Crippen LogP contribution in [0.25, 0.3) is 11.0 Å². The second kappa shape index (κ2) is 8.81. The van der Waals surface area contributed by atoms with Gasteiger partial charge in [0.1, 0.15) is 11.6 Å². The van der Waals surface area contributed by atoms with Crippen LogP contribution < -0.4 is 10.6 Å². The number of imidazole rings is 1. The predicted octanol–water partition coefficient (Wildman–Crippen LogP) is 2.02. The maximum absolute atomic E-state index is 13.0. The summed E-state index contributed by atoms with van der Waals surface area (Å²) >= 11 is 0. The molecule has 0 aliphatic rings. The van der Waals surface area contributed by atoms with Crippen molar-refractivity contribution in [1.82, 2.24) is 20.6 Å². The molecule has 0 saturated heterocycles. The maximum Gasteiger partial charge on any atom is 0.224 e. The van der Waals surface area contributed by atoms with Crippen molar-refractivity contribution in [3.63, 3.8) is 0 Å². The third-order valence-corrected chi connectivity index (χ3v) is 2.88. The minimum absolute atomic E-state index is 0. The summed E-state index contributed by atoms with van der Waals surface area (Å²) < 4.78 is 13.0. The Morgan fingerprint density at radius 1 is 1.43 bits per heavy atom. The highest BCUT2D eigenvalue weighted by Gasteiger charge is 2.12. The standard InChI is InChI=1S/C13H17FN4O.2ClH/c1-8(6-15-2)13(19)16-7-12-17-10-4-3-9(14)5-11(10)18-12;;/h3-5,8,15H,6-7H2,1-2H3,(H,16,19)(H,17,18);2*1H. The molecule has 2 aromatic rings. The molecule has 1 aromatic heterocycles. The van der Waals surface area contributed by atoms with E-state index in [1.165, 1.54) is 12.1 Å². The Labute approximate surface area is 134 Å². The average Bonchev–Trinajstić information content (AvgIpc) is 2.78. The molecule has 0 aliphatic carbocycles. The first kappa shape index (κ1) is 19.6. The van der Waals surface area contributed by atoms with Crippen LogP contribution in [0.1, 0.15) is 12.7 Å². The zero-order chi connectivity index (χ0) is 13.8. The van der Waals surface area contributed by atoms with E-state index in [2.05, 4.69) is 20.6 Å². The lowest BCUT2D eigenvalue weighted by atomic mass is 10.1. The number of hydrogen-bond donors (Lipinski definition) is 3. The monoisotopic (exact) mass is 336 g/mol. The van der Waals surface area contributed by atoms with Crippen LogP contribution in [0.3, 0.4) is 0 Å². The zero-order valence-electron chi connectivity index (χ0n) is 11.8. The smallest absolute Gasteiger partial charge is 0.224 e. The van der Waals surface area contributed by atoms with Gasteiger partial charge in [0.2, 0.25) is 5.91 Å². The number of rotatable bonds is 5. The molecule has 1 heterocycles. The Balaban J connectivity index is 0.00000200. The fourth-order valence-electron chi connectivity index (χ4n) is 1.86. The van der Waals surface area contributed by atoms with Crippen molar-refractivity contribution in [2.45, 2.75) is 13.5 Å².